The van der Waals surface area contributed by atoms with Gasteiger partial charge in [0.1, 0.15) is 12.7 Å². The van der Waals surface area contributed by atoms with E-state index in [0.717, 1.165) is 18.7 Å². The summed E-state index contributed by atoms with van der Waals surface area (Å²) in [5, 5.41) is 0. The van der Waals surface area contributed by atoms with Crippen LogP contribution in [0.4, 0.5) is 0 Å². The summed E-state index contributed by atoms with van der Waals surface area (Å²) in [6.45, 7) is 6.89. The molecule has 2 aromatic rings. The SMILES string of the molecule is C=Cc1c[nH]c(CC)[n+]1Cc1ccccc1.[Cl-]. The number of rotatable bonds is 4. The smallest absolute Gasteiger partial charge is 0.254 e. The zero-order chi connectivity index (χ0) is 11.4. The molecule has 90 valence electrons. The lowest BCUT2D eigenvalue weighted by Gasteiger charge is -2.02. The Morgan fingerprint density at radius 1 is 1.29 bits per heavy atom. The highest BCUT2D eigenvalue weighted by molar-refractivity contribution is 5.36. The van der Waals surface area contributed by atoms with E-state index in [1.807, 2.05) is 18.3 Å². The number of aryl methyl sites for hydroxylation is 1. The molecule has 1 N–H and O–H groups in total. The summed E-state index contributed by atoms with van der Waals surface area (Å²) >= 11 is 0. The number of benzene rings is 1. The largest absolute Gasteiger partial charge is 1.00 e. The van der Waals surface area contributed by atoms with Crippen LogP contribution >= 0.6 is 0 Å². The molecule has 2 nitrogen and oxygen atoms in total. The maximum atomic E-state index is 3.84. The molecule has 0 unspecified atom stereocenters. The summed E-state index contributed by atoms with van der Waals surface area (Å²) in [6, 6.07) is 10.5. The zero-order valence-corrected chi connectivity index (χ0v) is 10.7. The van der Waals surface area contributed by atoms with Gasteiger partial charge >= 0.3 is 0 Å². The molecule has 0 atom stereocenters. The number of H-pyrrole nitrogens is 1. The molecular formula is C14H17ClN2. The third-order valence-electron chi connectivity index (χ3n) is 2.75. The van der Waals surface area contributed by atoms with Gasteiger partial charge in [0.2, 0.25) is 0 Å². The molecule has 0 saturated heterocycles. The highest BCUT2D eigenvalue weighted by Gasteiger charge is 2.13. The minimum atomic E-state index is 0. The Bertz CT molecular complexity index is 474. The summed E-state index contributed by atoms with van der Waals surface area (Å²) in [6.07, 6.45) is 4.90. The number of hydrogen-bond donors (Lipinski definition) is 1. The minimum absolute atomic E-state index is 0. The summed E-state index contributed by atoms with van der Waals surface area (Å²) in [4.78, 5) is 3.29. The molecule has 0 bridgehead atoms. The Morgan fingerprint density at radius 3 is 2.59 bits per heavy atom. The number of nitrogens with one attached hydrogen (secondary N) is 1. The van der Waals surface area contributed by atoms with Crippen molar-refractivity contribution in [2.45, 2.75) is 19.9 Å². The van der Waals surface area contributed by atoms with E-state index >= 15 is 0 Å². The molecule has 1 heterocycles. The molecule has 0 fully saturated rings. The second-order valence-corrected chi connectivity index (χ2v) is 3.79. The van der Waals surface area contributed by atoms with Crippen molar-refractivity contribution in [3.8, 4) is 0 Å². The van der Waals surface area contributed by atoms with E-state index in [1.165, 1.54) is 11.4 Å². The first-order valence-electron chi connectivity index (χ1n) is 5.61. The molecule has 0 aliphatic carbocycles. The molecule has 0 aliphatic rings. The predicted octanol–water partition coefficient (Wildman–Crippen LogP) is -0.440. The fourth-order valence-electron chi connectivity index (χ4n) is 1.88. The lowest BCUT2D eigenvalue weighted by molar-refractivity contribution is -0.695. The summed E-state index contributed by atoms with van der Waals surface area (Å²) in [7, 11) is 0. The fourth-order valence-corrected chi connectivity index (χ4v) is 1.88. The van der Waals surface area contributed by atoms with Crippen LogP contribution in [0.3, 0.4) is 0 Å². The Hall–Kier alpha value is -1.54. The van der Waals surface area contributed by atoms with Gasteiger partial charge in [-0.2, -0.15) is 0 Å². The molecule has 3 heteroatoms. The second kappa shape index (κ2) is 6.26. The van der Waals surface area contributed by atoms with E-state index in [9.17, 15) is 0 Å². The Kier molecular flexibility index (Phi) is 4.98. The number of aromatic amines is 1. The van der Waals surface area contributed by atoms with Crippen molar-refractivity contribution in [2.24, 2.45) is 0 Å². The lowest BCUT2D eigenvalue weighted by Crippen LogP contribution is -3.00. The molecule has 0 saturated carbocycles. The Balaban J connectivity index is 0.00000144. The van der Waals surface area contributed by atoms with Crippen molar-refractivity contribution in [1.29, 1.82) is 0 Å². The quantitative estimate of drug-likeness (QED) is 0.708. The lowest BCUT2D eigenvalue weighted by atomic mass is 10.2. The summed E-state index contributed by atoms with van der Waals surface area (Å²) < 4.78 is 2.27. The molecule has 17 heavy (non-hydrogen) atoms. The van der Waals surface area contributed by atoms with Crippen LogP contribution < -0.4 is 17.0 Å². The second-order valence-electron chi connectivity index (χ2n) is 3.79. The van der Waals surface area contributed by atoms with Gasteiger partial charge in [-0.3, -0.25) is 0 Å². The third kappa shape index (κ3) is 2.98. The van der Waals surface area contributed by atoms with Crippen LogP contribution in [-0.4, -0.2) is 4.98 Å². The van der Waals surface area contributed by atoms with E-state index in [2.05, 4.69) is 47.3 Å². The highest BCUT2D eigenvalue weighted by atomic mass is 35.5. The van der Waals surface area contributed by atoms with Crippen molar-refractivity contribution in [3.05, 3.63) is 60.2 Å². The standard InChI is InChI=1S/C14H16N2.ClH/c1-3-13-10-15-14(4-2)16(13)11-12-8-6-5-7-9-12;/h3,5-10H,1,4,11H2,2H3;1H. The van der Waals surface area contributed by atoms with Crippen molar-refractivity contribution >= 4 is 6.08 Å². The monoisotopic (exact) mass is 248 g/mol. The first kappa shape index (κ1) is 13.5. The van der Waals surface area contributed by atoms with Crippen molar-refractivity contribution in [3.63, 3.8) is 0 Å². The van der Waals surface area contributed by atoms with Gasteiger partial charge in [0.05, 0.1) is 0 Å². The molecular weight excluding hydrogens is 232 g/mol. The average molecular weight is 249 g/mol. The van der Waals surface area contributed by atoms with Gasteiger partial charge in [-0.1, -0.05) is 43.8 Å². The maximum Gasteiger partial charge on any atom is 0.254 e. The normalized spacial score (nSPS) is 9.71. The van der Waals surface area contributed by atoms with Crippen molar-refractivity contribution < 1.29 is 17.0 Å². The van der Waals surface area contributed by atoms with Gasteiger partial charge in [-0.25, -0.2) is 9.55 Å². The molecule has 0 spiro atoms. The Morgan fingerprint density at radius 2 is 2.00 bits per heavy atom. The van der Waals surface area contributed by atoms with Gasteiger partial charge in [-0.15, -0.1) is 0 Å². The number of imidazole rings is 1. The molecule has 1 aromatic heterocycles. The highest BCUT2D eigenvalue weighted by Crippen LogP contribution is 2.02. The third-order valence-corrected chi connectivity index (χ3v) is 2.75. The van der Waals surface area contributed by atoms with E-state index in [4.69, 9.17) is 0 Å². The minimum Gasteiger partial charge on any atom is -1.00 e. The molecule has 1 aromatic carbocycles. The number of halogens is 1. The predicted molar refractivity (Wildman–Crippen MR) is 66.0 cm³/mol. The maximum absolute atomic E-state index is 3.84. The first-order valence-corrected chi connectivity index (χ1v) is 5.61. The van der Waals surface area contributed by atoms with Crippen LogP contribution in [0.25, 0.3) is 6.08 Å². The Labute approximate surface area is 108 Å². The summed E-state index contributed by atoms with van der Waals surface area (Å²) in [5.41, 5.74) is 2.45. The van der Waals surface area contributed by atoms with E-state index in [-0.39, 0.29) is 12.4 Å². The first-order chi connectivity index (χ1) is 7.85. The van der Waals surface area contributed by atoms with Crippen LogP contribution in [0, 0.1) is 0 Å². The van der Waals surface area contributed by atoms with Gasteiger partial charge < -0.3 is 12.4 Å². The number of hydrogen-bond acceptors (Lipinski definition) is 0. The topological polar surface area (TPSA) is 19.7 Å². The van der Waals surface area contributed by atoms with Crippen molar-refractivity contribution in [1.82, 2.24) is 4.98 Å². The van der Waals surface area contributed by atoms with Crippen LogP contribution in [0.15, 0.2) is 43.1 Å². The van der Waals surface area contributed by atoms with Gasteiger partial charge in [0.25, 0.3) is 5.82 Å². The van der Waals surface area contributed by atoms with Crippen LogP contribution in [0.1, 0.15) is 24.0 Å². The van der Waals surface area contributed by atoms with Gasteiger partial charge in [0.15, 0.2) is 5.69 Å². The van der Waals surface area contributed by atoms with Crippen LogP contribution in [0.2, 0.25) is 0 Å². The molecule has 0 amide bonds. The number of nitrogens with zero attached hydrogens (tertiary/aromatic N) is 1. The average Bonchev–Trinajstić information content (AvgIpc) is 2.72. The molecule has 0 radical (unpaired) electrons. The zero-order valence-electron chi connectivity index (χ0n) is 9.99. The van der Waals surface area contributed by atoms with Crippen LogP contribution in [0.5, 0.6) is 0 Å². The van der Waals surface area contributed by atoms with E-state index in [1.54, 1.807) is 0 Å². The number of aromatic nitrogens is 2. The fraction of sp³-hybridized carbons (Fsp3) is 0.214. The van der Waals surface area contributed by atoms with E-state index < -0.39 is 0 Å². The van der Waals surface area contributed by atoms with E-state index in [0.29, 0.717) is 0 Å². The summed E-state index contributed by atoms with van der Waals surface area (Å²) in [5.74, 6) is 1.23. The molecule has 2 rings (SSSR count). The van der Waals surface area contributed by atoms with Crippen molar-refractivity contribution in [2.75, 3.05) is 0 Å². The molecule has 0 aliphatic heterocycles. The van der Waals surface area contributed by atoms with Gasteiger partial charge in [0, 0.05) is 6.42 Å². The van der Waals surface area contributed by atoms with Gasteiger partial charge in [-0.05, 0) is 11.6 Å². The van der Waals surface area contributed by atoms with Crippen LogP contribution in [-0.2, 0) is 13.0 Å².